The van der Waals surface area contributed by atoms with Crippen LogP contribution in [0.4, 0.5) is 8.78 Å². The molecular formula is C12H13F2NO3. The molecule has 6 heteroatoms. The van der Waals surface area contributed by atoms with Crippen LogP contribution in [-0.4, -0.2) is 25.0 Å². The molecule has 0 radical (unpaired) electrons. The number of carbonyl (C=O) groups excluding carboxylic acids is 2. The van der Waals surface area contributed by atoms with Gasteiger partial charge in [0.25, 0.3) is 0 Å². The Morgan fingerprint density at radius 3 is 2.67 bits per heavy atom. The van der Waals surface area contributed by atoms with Gasteiger partial charge in [0.1, 0.15) is 6.04 Å². The van der Waals surface area contributed by atoms with Crippen molar-refractivity contribution in [3.8, 4) is 0 Å². The standard InChI is InChI=1S/C12H13F2NO3/c1-7(12(17)18-2)15-10(16)6-8-4-3-5-9(13)11(8)14/h3-5,7H,6H2,1-2H3,(H,15,16). The van der Waals surface area contributed by atoms with Crippen molar-refractivity contribution in [1.29, 1.82) is 0 Å². The molecule has 1 rings (SSSR count). The maximum Gasteiger partial charge on any atom is 0.328 e. The number of rotatable bonds is 4. The van der Waals surface area contributed by atoms with E-state index in [9.17, 15) is 18.4 Å². The van der Waals surface area contributed by atoms with Gasteiger partial charge in [0, 0.05) is 5.56 Å². The first-order valence-electron chi connectivity index (χ1n) is 5.25. The first kappa shape index (κ1) is 14.1. The van der Waals surface area contributed by atoms with Gasteiger partial charge in [-0.3, -0.25) is 4.79 Å². The summed E-state index contributed by atoms with van der Waals surface area (Å²) in [6.45, 7) is 1.44. The predicted molar refractivity (Wildman–Crippen MR) is 59.7 cm³/mol. The lowest BCUT2D eigenvalue weighted by molar-refractivity contribution is -0.144. The number of amides is 1. The quantitative estimate of drug-likeness (QED) is 0.824. The van der Waals surface area contributed by atoms with E-state index in [-0.39, 0.29) is 12.0 Å². The van der Waals surface area contributed by atoms with Gasteiger partial charge in [0.2, 0.25) is 5.91 Å². The molecule has 0 heterocycles. The topological polar surface area (TPSA) is 55.4 Å². The second kappa shape index (κ2) is 6.09. The van der Waals surface area contributed by atoms with Crippen LogP contribution in [-0.2, 0) is 20.7 Å². The third-order valence-electron chi connectivity index (χ3n) is 2.31. The summed E-state index contributed by atoms with van der Waals surface area (Å²) < 4.78 is 30.6. The van der Waals surface area contributed by atoms with Crippen LogP contribution in [0.1, 0.15) is 12.5 Å². The van der Waals surface area contributed by atoms with Crippen LogP contribution in [0.5, 0.6) is 0 Å². The minimum Gasteiger partial charge on any atom is -0.467 e. The number of benzene rings is 1. The van der Waals surface area contributed by atoms with Gasteiger partial charge in [-0.2, -0.15) is 0 Å². The van der Waals surface area contributed by atoms with Gasteiger partial charge in [-0.1, -0.05) is 12.1 Å². The molecule has 1 unspecified atom stereocenters. The van der Waals surface area contributed by atoms with Crippen molar-refractivity contribution in [2.45, 2.75) is 19.4 Å². The lowest BCUT2D eigenvalue weighted by Crippen LogP contribution is -2.40. The van der Waals surface area contributed by atoms with E-state index >= 15 is 0 Å². The first-order chi connectivity index (χ1) is 8.45. The van der Waals surface area contributed by atoms with Gasteiger partial charge in [-0.15, -0.1) is 0 Å². The third-order valence-corrected chi connectivity index (χ3v) is 2.31. The van der Waals surface area contributed by atoms with Gasteiger partial charge in [-0.25, -0.2) is 13.6 Å². The molecule has 98 valence electrons. The molecule has 1 N–H and O–H groups in total. The molecule has 0 saturated heterocycles. The van der Waals surface area contributed by atoms with Crippen molar-refractivity contribution in [2.75, 3.05) is 7.11 Å². The Morgan fingerprint density at radius 2 is 2.06 bits per heavy atom. The molecule has 0 spiro atoms. The van der Waals surface area contributed by atoms with Crippen molar-refractivity contribution in [1.82, 2.24) is 5.32 Å². The molecule has 0 aliphatic carbocycles. The molecule has 0 aliphatic rings. The van der Waals surface area contributed by atoms with E-state index in [1.54, 1.807) is 0 Å². The molecule has 18 heavy (non-hydrogen) atoms. The molecule has 0 saturated carbocycles. The molecule has 1 aromatic carbocycles. The summed E-state index contributed by atoms with van der Waals surface area (Å²) in [6.07, 6.45) is -0.342. The Kier molecular flexibility index (Phi) is 4.76. The Bertz CT molecular complexity index is 463. The zero-order valence-corrected chi connectivity index (χ0v) is 10.00. The lowest BCUT2D eigenvalue weighted by Gasteiger charge is -2.11. The molecule has 0 aliphatic heterocycles. The van der Waals surface area contributed by atoms with E-state index in [4.69, 9.17) is 0 Å². The highest BCUT2D eigenvalue weighted by atomic mass is 19.2. The fraction of sp³-hybridized carbons (Fsp3) is 0.333. The summed E-state index contributed by atoms with van der Waals surface area (Å²) in [5.41, 5.74) is -0.0652. The predicted octanol–water partition coefficient (Wildman–Crippen LogP) is 1.18. The normalized spacial score (nSPS) is 11.8. The number of hydrogen-bond acceptors (Lipinski definition) is 3. The summed E-state index contributed by atoms with van der Waals surface area (Å²) in [7, 11) is 1.19. The molecule has 0 fully saturated rings. The van der Waals surface area contributed by atoms with E-state index in [1.165, 1.54) is 26.2 Å². The number of carbonyl (C=O) groups is 2. The van der Waals surface area contributed by atoms with E-state index in [0.29, 0.717) is 0 Å². The minimum atomic E-state index is -1.06. The van der Waals surface area contributed by atoms with Crippen molar-refractivity contribution in [2.24, 2.45) is 0 Å². The highest BCUT2D eigenvalue weighted by Gasteiger charge is 2.17. The summed E-state index contributed by atoms with van der Waals surface area (Å²) in [4.78, 5) is 22.5. The van der Waals surface area contributed by atoms with Crippen molar-refractivity contribution < 1.29 is 23.1 Å². The molecule has 1 amide bonds. The Balaban J connectivity index is 2.65. The zero-order chi connectivity index (χ0) is 13.7. The van der Waals surface area contributed by atoms with Gasteiger partial charge >= 0.3 is 5.97 Å². The summed E-state index contributed by atoms with van der Waals surface area (Å²) >= 11 is 0. The fourth-order valence-electron chi connectivity index (χ4n) is 1.39. The summed E-state index contributed by atoms with van der Waals surface area (Å²) in [6, 6.07) is 2.75. The largest absolute Gasteiger partial charge is 0.467 e. The molecule has 1 aromatic rings. The van der Waals surface area contributed by atoms with Crippen molar-refractivity contribution in [3.63, 3.8) is 0 Å². The van der Waals surface area contributed by atoms with Gasteiger partial charge in [-0.05, 0) is 13.0 Å². The first-order valence-corrected chi connectivity index (χ1v) is 5.25. The van der Waals surface area contributed by atoms with Crippen molar-refractivity contribution in [3.05, 3.63) is 35.4 Å². The van der Waals surface area contributed by atoms with Crippen molar-refractivity contribution >= 4 is 11.9 Å². The van der Waals surface area contributed by atoms with Crippen LogP contribution in [0.25, 0.3) is 0 Å². The zero-order valence-electron chi connectivity index (χ0n) is 10.00. The number of ether oxygens (including phenoxy) is 1. The Labute approximate surface area is 103 Å². The Morgan fingerprint density at radius 1 is 1.39 bits per heavy atom. The maximum absolute atomic E-state index is 13.3. The number of hydrogen-bond donors (Lipinski definition) is 1. The monoisotopic (exact) mass is 257 g/mol. The highest BCUT2D eigenvalue weighted by Crippen LogP contribution is 2.11. The van der Waals surface area contributed by atoms with E-state index < -0.39 is 29.6 Å². The summed E-state index contributed by atoms with van der Waals surface area (Å²) in [5, 5.41) is 2.32. The van der Waals surface area contributed by atoms with Crippen LogP contribution < -0.4 is 5.32 Å². The summed E-state index contributed by atoms with van der Waals surface area (Å²) in [5.74, 6) is -3.26. The fourth-order valence-corrected chi connectivity index (χ4v) is 1.39. The average molecular weight is 257 g/mol. The average Bonchev–Trinajstić information content (AvgIpc) is 2.33. The molecule has 0 aromatic heterocycles. The third kappa shape index (κ3) is 3.51. The van der Waals surface area contributed by atoms with Crippen LogP contribution in [0.2, 0.25) is 0 Å². The molecule has 0 bridgehead atoms. The van der Waals surface area contributed by atoms with Crippen LogP contribution >= 0.6 is 0 Å². The molecule has 1 atom stereocenters. The second-order valence-corrected chi connectivity index (χ2v) is 3.70. The van der Waals surface area contributed by atoms with Gasteiger partial charge in [0.15, 0.2) is 11.6 Å². The van der Waals surface area contributed by atoms with Gasteiger partial charge < -0.3 is 10.1 Å². The number of methoxy groups -OCH3 is 1. The van der Waals surface area contributed by atoms with E-state index in [2.05, 4.69) is 10.1 Å². The van der Waals surface area contributed by atoms with Crippen LogP contribution in [0, 0.1) is 11.6 Å². The number of halogens is 2. The minimum absolute atomic E-state index is 0.0652. The number of esters is 1. The number of nitrogens with one attached hydrogen (secondary N) is 1. The van der Waals surface area contributed by atoms with Crippen LogP contribution in [0.3, 0.4) is 0 Å². The second-order valence-electron chi connectivity index (χ2n) is 3.70. The smallest absolute Gasteiger partial charge is 0.328 e. The van der Waals surface area contributed by atoms with E-state index in [1.807, 2.05) is 0 Å². The Hall–Kier alpha value is -1.98. The molecule has 4 nitrogen and oxygen atoms in total. The van der Waals surface area contributed by atoms with Crippen LogP contribution in [0.15, 0.2) is 18.2 Å². The molecular weight excluding hydrogens is 244 g/mol. The van der Waals surface area contributed by atoms with Gasteiger partial charge in [0.05, 0.1) is 13.5 Å². The highest BCUT2D eigenvalue weighted by molar-refractivity contribution is 5.85. The maximum atomic E-state index is 13.3. The SMILES string of the molecule is COC(=O)C(C)NC(=O)Cc1cccc(F)c1F. The lowest BCUT2D eigenvalue weighted by atomic mass is 10.1. The van der Waals surface area contributed by atoms with E-state index in [0.717, 1.165) is 6.07 Å².